The molecule has 1 aliphatic rings. The first kappa shape index (κ1) is 5.03. The lowest BCUT2D eigenvalue weighted by molar-refractivity contribution is 0.167. The monoisotopic (exact) mass is 113 g/mol. The van der Waals surface area contributed by atoms with Crippen molar-refractivity contribution < 1.29 is 9.84 Å². The lowest BCUT2D eigenvalue weighted by atomic mass is 10.6. The van der Waals surface area contributed by atoms with Crippen LogP contribution in [0.25, 0.3) is 0 Å². The van der Waals surface area contributed by atoms with Crippen LogP contribution in [0.1, 0.15) is 0 Å². The minimum Gasteiger partial charge on any atom is -0.480 e. The normalized spacial score (nSPS) is 17.8. The Balaban J connectivity index is 2.51. The van der Waals surface area contributed by atoms with E-state index in [1.54, 1.807) is 6.08 Å². The van der Waals surface area contributed by atoms with Gasteiger partial charge in [-0.25, -0.2) is 0 Å². The van der Waals surface area contributed by atoms with E-state index in [9.17, 15) is 0 Å². The summed E-state index contributed by atoms with van der Waals surface area (Å²) in [5.41, 5.74) is 0. The molecule has 1 heterocycles. The maximum Gasteiger partial charge on any atom is 0.298 e. The molecule has 44 valence electrons. The molecular weight excluding hydrogens is 106 g/mol. The summed E-state index contributed by atoms with van der Waals surface area (Å²) in [6.07, 6.45) is 4.60. The van der Waals surface area contributed by atoms with E-state index >= 15 is 0 Å². The fraction of sp³-hybridized carbons (Fsp3) is 0.200. The van der Waals surface area contributed by atoms with Crippen LogP contribution in [0.2, 0.25) is 0 Å². The van der Waals surface area contributed by atoms with E-state index in [-0.39, 0.29) is 5.95 Å². The van der Waals surface area contributed by atoms with Gasteiger partial charge in [-0.05, 0) is 6.08 Å². The molecule has 0 fully saturated rings. The molecule has 0 saturated carbocycles. The van der Waals surface area contributed by atoms with Crippen molar-refractivity contribution in [3.8, 4) is 0 Å². The van der Waals surface area contributed by atoms with Gasteiger partial charge in [0.25, 0.3) is 5.95 Å². The summed E-state index contributed by atoms with van der Waals surface area (Å²) in [6, 6.07) is 0. The van der Waals surface area contributed by atoms with E-state index in [0.717, 1.165) is 0 Å². The van der Waals surface area contributed by atoms with Crippen molar-refractivity contribution in [1.29, 1.82) is 0 Å². The van der Waals surface area contributed by atoms with Crippen LogP contribution in [-0.2, 0) is 4.74 Å². The van der Waals surface area contributed by atoms with Gasteiger partial charge in [0.1, 0.15) is 0 Å². The molecule has 0 aromatic heterocycles. The van der Waals surface area contributed by atoms with E-state index in [2.05, 4.69) is 10.1 Å². The Hall–Kier alpha value is -1.12. The summed E-state index contributed by atoms with van der Waals surface area (Å²) >= 11 is 0. The van der Waals surface area contributed by atoms with Gasteiger partial charge in [0, 0.05) is 6.54 Å². The van der Waals surface area contributed by atoms with E-state index in [1.165, 1.54) is 12.5 Å². The largest absolute Gasteiger partial charge is 0.480 e. The topological polar surface area (TPSA) is 41.5 Å². The number of aliphatic hydroxyl groups is 1. The third kappa shape index (κ3) is 1.18. The van der Waals surface area contributed by atoms with Crippen LogP contribution in [0.4, 0.5) is 0 Å². The predicted octanol–water partition coefficient (Wildman–Crippen LogP) is 0.477. The maximum absolute atomic E-state index is 8.61. The first-order valence-electron chi connectivity index (χ1n) is 2.34. The van der Waals surface area contributed by atoms with Crippen LogP contribution in [-0.4, -0.2) is 11.7 Å². The molecule has 0 amide bonds. The van der Waals surface area contributed by atoms with Gasteiger partial charge in [-0.15, -0.1) is 0 Å². The van der Waals surface area contributed by atoms with Gasteiger partial charge >= 0.3 is 0 Å². The summed E-state index contributed by atoms with van der Waals surface area (Å²) in [7, 11) is 0. The van der Waals surface area contributed by atoms with Crippen molar-refractivity contribution in [3.63, 3.8) is 0 Å². The smallest absolute Gasteiger partial charge is 0.298 e. The number of nitrogens with one attached hydrogen (secondary N) is 1. The van der Waals surface area contributed by atoms with E-state index in [1.807, 2.05) is 0 Å². The molecule has 0 atom stereocenters. The molecule has 8 heavy (non-hydrogen) atoms. The zero-order valence-corrected chi connectivity index (χ0v) is 4.29. The quantitative estimate of drug-likeness (QED) is 0.480. The Kier molecular flexibility index (Phi) is 1.42. The average Bonchev–Trinajstić information content (AvgIpc) is 1.94. The van der Waals surface area contributed by atoms with Gasteiger partial charge in [0.2, 0.25) is 0 Å². The molecule has 0 unspecified atom stereocenters. The average molecular weight is 113 g/mol. The summed E-state index contributed by atoms with van der Waals surface area (Å²) < 4.78 is 4.58. The first-order valence-corrected chi connectivity index (χ1v) is 2.34. The Bertz CT molecular complexity index is 128. The van der Waals surface area contributed by atoms with Crippen molar-refractivity contribution in [3.05, 3.63) is 24.5 Å². The highest BCUT2D eigenvalue weighted by atomic mass is 16.6. The van der Waals surface area contributed by atoms with Crippen LogP contribution in [0, 0.1) is 0 Å². The minimum absolute atomic E-state index is 0.0984. The molecule has 2 N–H and O–H groups in total. The molecule has 3 heteroatoms. The van der Waals surface area contributed by atoms with Crippen molar-refractivity contribution >= 4 is 0 Å². The van der Waals surface area contributed by atoms with Gasteiger partial charge in [-0.2, -0.15) is 0 Å². The summed E-state index contributed by atoms with van der Waals surface area (Å²) in [6.45, 7) is 0.698. The highest BCUT2D eigenvalue weighted by Crippen LogP contribution is 1.92. The fourth-order valence-corrected chi connectivity index (χ4v) is 0.414. The third-order valence-electron chi connectivity index (χ3n) is 0.746. The fourth-order valence-electron chi connectivity index (χ4n) is 0.414. The third-order valence-corrected chi connectivity index (χ3v) is 0.746. The van der Waals surface area contributed by atoms with Gasteiger partial charge in [0.05, 0.1) is 12.5 Å². The lowest BCUT2D eigenvalue weighted by Crippen LogP contribution is -2.02. The Morgan fingerprint density at radius 2 is 2.62 bits per heavy atom. The van der Waals surface area contributed by atoms with Gasteiger partial charge in [0.15, 0.2) is 0 Å². The SMILES string of the molecule is OC1=CNCC=CO1. The molecule has 0 saturated heterocycles. The zero-order chi connectivity index (χ0) is 5.82. The van der Waals surface area contributed by atoms with Crippen LogP contribution in [0.3, 0.4) is 0 Å². The second-order valence-electron chi connectivity index (χ2n) is 1.38. The summed E-state index contributed by atoms with van der Waals surface area (Å²) in [5.74, 6) is -0.0984. The molecule has 0 bridgehead atoms. The molecule has 0 aromatic carbocycles. The molecule has 0 spiro atoms. The Labute approximate surface area is 47.3 Å². The summed E-state index contributed by atoms with van der Waals surface area (Å²) in [4.78, 5) is 0. The van der Waals surface area contributed by atoms with Crippen LogP contribution in [0.15, 0.2) is 24.5 Å². The van der Waals surface area contributed by atoms with Gasteiger partial charge in [-0.1, -0.05) is 0 Å². The van der Waals surface area contributed by atoms with Crippen molar-refractivity contribution in [2.24, 2.45) is 0 Å². The highest BCUT2D eigenvalue weighted by Gasteiger charge is 1.90. The number of hydrogen-bond donors (Lipinski definition) is 2. The number of ether oxygens (including phenoxy) is 1. The predicted molar refractivity (Wildman–Crippen MR) is 28.9 cm³/mol. The van der Waals surface area contributed by atoms with Gasteiger partial charge < -0.3 is 15.2 Å². The molecule has 0 aromatic rings. The van der Waals surface area contributed by atoms with Crippen LogP contribution >= 0.6 is 0 Å². The van der Waals surface area contributed by atoms with Crippen molar-refractivity contribution in [1.82, 2.24) is 5.32 Å². The number of hydrogen-bond acceptors (Lipinski definition) is 3. The second kappa shape index (κ2) is 2.26. The molecule has 1 rings (SSSR count). The van der Waals surface area contributed by atoms with E-state index in [0.29, 0.717) is 6.54 Å². The molecule has 1 aliphatic heterocycles. The van der Waals surface area contributed by atoms with Crippen molar-refractivity contribution in [2.75, 3.05) is 6.54 Å². The molecule has 0 radical (unpaired) electrons. The second-order valence-corrected chi connectivity index (χ2v) is 1.38. The standard InChI is InChI=1S/C5H7NO2/c7-5-4-6-2-1-3-8-5/h1,3-4,6-7H,2H2. The zero-order valence-electron chi connectivity index (χ0n) is 4.29. The van der Waals surface area contributed by atoms with Gasteiger partial charge in [-0.3, -0.25) is 0 Å². The molecule has 0 aliphatic carbocycles. The van der Waals surface area contributed by atoms with Crippen molar-refractivity contribution in [2.45, 2.75) is 0 Å². The number of aliphatic hydroxyl groups excluding tert-OH is 1. The first-order chi connectivity index (χ1) is 3.89. The maximum atomic E-state index is 8.61. The van der Waals surface area contributed by atoms with Crippen LogP contribution < -0.4 is 5.32 Å². The summed E-state index contributed by atoms with van der Waals surface area (Å²) in [5, 5.41) is 11.4. The lowest BCUT2D eigenvalue weighted by Gasteiger charge is -1.91. The minimum atomic E-state index is -0.0984. The number of rotatable bonds is 0. The molecular formula is C5H7NO2. The highest BCUT2D eigenvalue weighted by molar-refractivity contribution is 4.91. The Morgan fingerprint density at radius 3 is 3.50 bits per heavy atom. The molecule has 3 nitrogen and oxygen atoms in total. The van der Waals surface area contributed by atoms with Crippen LogP contribution in [0.5, 0.6) is 0 Å². The van der Waals surface area contributed by atoms with E-state index in [4.69, 9.17) is 5.11 Å². The van der Waals surface area contributed by atoms with E-state index < -0.39 is 0 Å². The Morgan fingerprint density at radius 1 is 1.75 bits per heavy atom.